The third-order valence-corrected chi connectivity index (χ3v) is 6.11. The summed E-state index contributed by atoms with van der Waals surface area (Å²) >= 11 is 0. The number of fused-ring (bicyclic) bond motifs is 1. The van der Waals surface area contributed by atoms with Gasteiger partial charge in [-0.1, -0.05) is 24.3 Å². The van der Waals surface area contributed by atoms with Crippen molar-refractivity contribution in [1.29, 1.82) is 0 Å². The van der Waals surface area contributed by atoms with Crippen molar-refractivity contribution in [3.8, 4) is 0 Å². The minimum atomic E-state index is -3.63. The fourth-order valence-corrected chi connectivity index (χ4v) is 4.01. The Morgan fingerprint density at radius 3 is 2.80 bits per heavy atom. The first-order valence-corrected chi connectivity index (χ1v) is 11.0. The second kappa shape index (κ2) is 8.71. The lowest BCUT2D eigenvalue weighted by atomic mass is 9.87. The van der Waals surface area contributed by atoms with Crippen LogP contribution in [0.25, 0.3) is 6.08 Å². The van der Waals surface area contributed by atoms with Crippen molar-refractivity contribution in [3.63, 3.8) is 0 Å². The molecule has 30 heavy (non-hydrogen) atoms. The van der Waals surface area contributed by atoms with Crippen LogP contribution in [0.1, 0.15) is 34.9 Å². The van der Waals surface area contributed by atoms with Gasteiger partial charge in [-0.25, -0.2) is 13.9 Å². The molecule has 162 valence electrons. The Morgan fingerprint density at radius 2 is 2.10 bits per heavy atom. The highest BCUT2D eigenvalue weighted by Crippen LogP contribution is 2.31. The fourth-order valence-electron chi connectivity index (χ4n) is 3.47. The lowest BCUT2D eigenvalue weighted by molar-refractivity contribution is -0.00478. The summed E-state index contributed by atoms with van der Waals surface area (Å²) in [5.74, 6) is 0.514. The zero-order chi connectivity index (χ0) is 21.9. The molecule has 0 bridgehead atoms. The molecule has 0 radical (unpaired) electrons. The summed E-state index contributed by atoms with van der Waals surface area (Å²) in [5.41, 5.74) is 2.10. The van der Waals surface area contributed by atoms with Crippen LogP contribution in [0.5, 0.6) is 0 Å². The van der Waals surface area contributed by atoms with Gasteiger partial charge in [0.15, 0.2) is 0 Å². The lowest BCUT2D eigenvalue weighted by Crippen LogP contribution is -2.33. The summed E-state index contributed by atoms with van der Waals surface area (Å²) < 4.78 is 51.6. The van der Waals surface area contributed by atoms with Crippen molar-refractivity contribution >= 4 is 22.0 Å². The van der Waals surface area contributed by atoms with E-state index in [1.165, 1.54) is 7.05 Å². The number of alkyl halides is 1. The first-order chi connectivity index (χ1) is 14.2. The van der Waals surface area contributed by atoms with Crippen LogP contribution >= 0.6 is 0 Å². The van der Waals surface area contributed by atoms with Crippen molar-refractivity contribution < 1.29 is 22.0 Å². The molecule has 0 saturated heterocycles. The molecule has 2 N–H and O–H groups in total. The van der Waals surface area contributed by atoms with Gasteiger partial charge < -0.3 is 9.15 Å². The zero-order valence-electron chi connectivity index (χ0n) is 17.1. The average Bonchev–Trinajstić information content (AvgIpc) is 2.69. The van der Waals surface area contributed by atoms with E-state index in [9.17, 15) is 17.6 Å². The molecule has 0 spiro atoms. The van der Waals surface area contributed by atoms with Gasteiger partial charge in [0.05, 0.1) is 17.9 Å². The number of anilines is 1. The number of rotatable bonds is 8. The molecule has 1 aromatic heterocycles. The molecule has 1 heterocycles. The highest BCUT2D eigenvalue weighted by atomic mass is 32.2. The minimum absolute atomic E-state index is 0.0227. The molecule has 1 unspecified atom stereocenters. The predicted octanol–water partition coefficient (Wildman–Crippen LogP) is 2.73. The largest absolute Gasteiger partial charge is 0.427 e. The molecule has 0 fully saturated rings. The van der Waals surface area contributed by atoms with Gasteiger partial charge in [-0.15, -0.1) is 0 Å². The predicted molar refractivity (Wildman–Crippen MR) is 114 cm³/mol. The molecule has 0 saturated carbocycles. The molecule has 1 aromatic carbocycles. The molecule has 9 heteroatoms. The molecule has 2 aromatic rings. The molecule has 0 aliphatic heterocycles. The summed E-state index contributed by atoms with van der Waals surface area (Å²) in [7, 11) is -2.32. The maximum absolute atomic E-state index is 12.7. The summed E-state index contributed by atoms with van der Waals surface area (Å²) in [5, 5.41) is 0. The lowest BCUT2D eigenvalue weighted by Gasteiger charge is -2.30. The number of ether oxygens (including phenoxy) is 1. The highest BCUT2D eigenvalue weighted by Gasteiger charge is 2.30. The second-order valence-corrected chi connectivity index (χ2v) is 9.00. The SMILES string of the molecule is CNS(=O)(=O)Nc1cccc(Cc2c(C)c3c(oc2=O)CC(C)(OCCF)C=C3)c1. The van der Waals surface area contributed by atoms with Crippen LogP contribution in [0.3, 0.4) is 0 Å². The molecule has 1 aliphatic carbocycles. The van der Waals surface area contributed by atoms with Gasteiger partial charge in [0.1, 0.15) is 12.4 Å². The topological polar surface area (TPSA) is 97.6 Å². The number of halogens is 1. The van der Waals surface area contributed by atoms with Gasteiger partial charge >= 0.3 is 5.63 Å². The maximum Gasteiger partial charge on any atom is 0.339 e. The Morgan fingerprint density at radius 1 is 1.33 bits per heavy atom. The molecular formula is C21H25FN2O5S. The summed E-state index contributed by atoms with van der Waals surface area (Å²) in [6.07, 6.45) is 4.34. The number of hydrogen-bond donors (Lipinski definition) is 2. The zero-order valence-corrected chi connectivity index (χ0v) is 17.9. The van der Waals surface area contributed by atoms with E-state index in [-0.39, 0.29) is 6.61 Å². The smallest absolute Gasteiger partial charge is 0.339 e. The van der Waals surface area contributed by atoms with Crippen molar-refractivity contribution in [1.82, 2.24) is 4.72 Å². The molecule has 7 nitrogen and oxygen atoms in total. The van der Waals surface area contributed by atoms with Gasteiger partial charge in [0, 0.05) is 31.0 Å². The van der Waals surface area contributed by atoms with E-state index in [0.717, 1.165) is 16.7 Å². The summed E-state index contributed by atoms with van der Waals surface area (Å²) in [6, 6.07) is 6.82. The fraction of sp³-hybridized carbons (Fsp3) is 0.381. The normalized spacial score (nSPS) is 18.3. The van der Waals surface area contributed by atoms with Crippen LogP contribution in [0.15, 0.2) is 39.6 Å². The van der Waals surface area contributed by atoms with Crippen LogP contribution in [0.4, 0.5) is 10.1 Å². The van der Waals surface area contributed by atoms with E-state index in [0.29, 0.717) is 29.9 Å². The number of hydrogen-bond acceptors (Lipinski definition) is 5. The molecule has 3 rings (SSSR count). The summed E-state index contributed by atoms with van der Waals surface area (Å²) in [4.78, 5) is 12.7. The van der Waals surface area contributed by atoms with Gasteiger partial charge in [-0.05, 0) is 37.1 Å². The average molecular weight is 437 g/mol. The first kappa shape index (κ1) is 22.2. The Hall–Kier alpha value is -2.49. The number of nitrogens with one attached hydrogen (secondary N) is 2. The van der Waals surface area contributed by atoms with E-state index in [1.807, 2.05) is 32.1 Å². The second-order valence-electron chi connectivity index (χ2n) is 7.38. The first-order valence-electron chi connectivity index (χ1n) is 9.51. The van der Waals surface area contributed by atoms with E-state index in [1.54, 1.807) is 18.2 Å². The third kappa shape index (κ3) is 4.97. The molecular weight excluding hydrogens is 411 g/mol. The Labute approximate surface area is 175 Å². The molecule has 1 aliphatic rings. The van der Waals surface area contributed by atoms with E-state index in [4.69, 9.17) is 9.15 Å². The van der Waals surface area contributed by atoms with Crippen molar-refractivity contribution in [2.24, 2.45) is 0 Å². The van der Waals surface area contributed by atoms with E-state index < -0.39 is 28.1 Å². The Bertz CT molecular complexity index is 1130. The van der Waals surface area contributed by atoms with Crippen LogP contribution in [-0.4, -0.2) is 34.3 Å². The van der Waals surface area contributed by atoms with Crippen molar-refractivity contribution in [3.05, 3.63) is 68.8 Å². The van der Waals surface area contributed by atoms with E-state index in [2.05, 4.69) is 9.44 Å². The van der Waals surface area contributed by atoms with Gasteiger partial charge in [0.2, 0.25) is 0 Å². The number of benzene rings is 1. The van der Waals surface area contributed by atoms with E-state index >= 15 is 0 Å². The molecule has 1 atom stereocenters. The standard InChI is InChI=1S/C21H25FN2O5S/c1-14-17-7-8-21(2,28-10-9-22)13-19(17)29-20(25)18(14)12-15-5-4-6-16(11-15)24-30(26,27)23-3/h4-8,11,23-24H,9-10,12-13H2,1-3H3. The van der Waals surface area contributed by atoms with Gasteiger partial charge in [-0.2, -0.15) is 8.42 Å². The van der Waals surface area contributed by atoms with Crippen LogP contribution < -0.4 is 15.1 Å². The minimum Gasteiger partial charge on any atom is -0.427 e. The van der Waals surface area contributed by atoms with Gasteiger partial charge in [-0.3, -0.25) is 4.72 Å². The Balaban J connectivity index is 1.89. The van der Waals surface area contributed by atoms with Crippen LogP contribution in [0.2, 0.25) is 0 Å². The van der Waals surface area contributed by atoms with Crippen molar-refractivity contribution in [2.75, 3.05) is 25.1 Å². The van der Waals surface area contributed by atoms with Crippen LogP contribution in [0, 0.1) is 6.92 Å². The molecule has 0 amide bonds. The summed E-state index contributed by atoms with van der Waals surface area (Å²) in [6.45, 7) is 3.07. The maximum atomic E-state index is 12.7. The highest BCUT2D eigenvalue weighted by molar-refractivity contribution is 7.90. The Kier molecular flexibility index (Phi) is 6.44. The third-order valence-electron chi connectivity index (χ3n) is 5.07. The van der Waals surface area contributed by atoms with Gasteiger partial charge in [0.25, 0.3) is 10.2 Å². The monoisotopic (exact) mass is 436 g/mol. The quantitative estimate of drug-likeness (QED) is 0.663. The van der Waals surface area contributed by atoms with Crippen LogP contribution in [-0.2, 0) is 27.8 Å². The van der Waals surface area contributed by atoms with Crippen molar-refractivity contribution in [2.45, 2.75) is 32.3 Å².